The predicted octanol–water partition coefficient (Wildman–Crippen LogP) is 3.25. The lowest BCUT2D eigenvalue weighted by atomic mass is 10.2. The van der Waals surface area contributed by atoms with Crippen LogP contribution in [0.1, 0.15) is 5.56 Å². The van der Waals surface area contributed by atoms with E-state index >= 15 is 0 Å². The zero-order valence-electron chi connectivity index (χ0n) is 6.85. The molecule has 0 fully saturated rings. The molecule has 13 heavy (non-hydrogen) atoms. The van der Waals surface area contributed by atoms with E-state index in [2.05, 4.69) is 4.74 Å². The highest BCUT2D eigenvalue weighted by molar-refractivity contribution is 5.29. The second-order valence-electron chi connectivity index (χ2n) is 2.46. The Morgan fingerprint density at radius 2 is 2.08 bits per heavy atom. The fraction of sp³-hybridized carbons (Fsp3) is 0.111. The van der Waals surface area contributed by atoms with E-state index in [0.717, 1.165) is 0 Å². The van der Waals surface area contributed by atoms with Gasteiger partial charge < -0.3 is 4.74 Å². The van der Waals surface area contributed by atoms with Crippen molar-refractivity contribution in [1.29, 1.82) is 0 Å². The van der Waals surface area contributed by atoms with Gasteiger partial charge in [0.25, 0.3) is 0 Å². The van der Waals surface area contributed by atoms with Crippen molar-refractivity contribution < 1.29 is 17.9 Å². The molecular formula is C9H7F3O. The first-order valence-corrected chi connectivity index (χ1v) is 3.53. The molecule has 0 radical (unpaired) electrons. The first kappa shape index (κ1) is 9.64. The van der Waals surface area contributed by atoms with Crippen LogP contribution in [0, 0.1) is 12.7 Å². The Morgan fingerprint density at radius 1 is 1.38 bits per heavy atom. The standard InChI is InChI=1S/C9H7F3O/c1-6-2-3-8(7(10)4-6)13-5-9(11)12/h2-5H,1H3. The Morgan fingerprint density at radius 3 is 2.62 bits per heavy atom. The van der Waals surface area contributed by atoms with E-state index < -0.39 is 11.9 Å². The molecule has 0 saturated heterocycles. The molecule has 0 amide bonds. The van der Waals surface area contributed by atoms with Crippen LogP contribution in [0.5, 0.6) is 5.75 Å². The van der Waals surface area contributed by atoms with Gasteiger partial charge in [-0.25, -0.2) is 4.39 Å². The summed E-state index contributed by atoms with van der Waals surface area (Å²) in [5, 5.41) is 0. The Balaban J connectivity index is 2.84. The highest BCUT2D eigenvalue weighted by Crippen LogP contribution is 2.18. The maximum atomic E-state index is 12.9. The summed E-state index contributed by atoms with van der Waals surface area (Å²) in [6.45, 7) is 1.69. The highest BCUT2D eigenvalue weighted by atomic mass is 19.3. The number of hydrogen-bond acceptors (Lipinski definition) is 1. The topological polar surface area (TPSA) is 9.23 Å². The van der Waals surface area contributed by atoms with E-state index in [4.69, 9.17) is 0 Å². The van der Waals surface area contributed by atoms with Crippen LogP contribution >= 0.6 is 0 Å². The summed E-state index contributed by atoms with van der Waals surface area (Å²) in [4.78, 5) is 0. The Kier molecular flexibility index (Phi) is 2.95. The molecule has 4 heteroatoms. The number of hydrogen-bond donors (Lipinski definition) is 0. The molecule has 0 aliphatic rings. The van der Waals surface area contributed by atoms with Crippen molar-refractivity contribution in [2.75, 3.05) is 0 Å². The van der Waals surface area contributed by atoms with Crippen molar-refractivity contribution in [3.05, 3.63) is 41.9 Å². The lowest BCUT2D eigenvalue weighted by Gasteiger charge is -2.01. The molecule has 0 heterocycles. The van der Waals surface area contributed by atoms with Crippen molar-refractivity contribution >= 4 is 0 Å². The van der Waals surface area contributed by atoms with Gasteiger partial charge in [0.1, 0.15) is 0 Å². The van der Waals surface area contributed by atoms with Gasteiger partial charge in [-0.3, -0.25) is 0 Å². The van der Waals surface area contributed by atoms with E-state index in [0.29, 0.717) is 5.56 Å². The zero-order chi connectivity index (χ0) is 9.84. The van der Waals surface area contributed by atoms with Crippen LogP contribution in [0.15, 0.2) is 30.5 Å². The van der Waals surface area contributed by atoms with Crippen LogP contribution in [0.3, 0.4) is 0 Å². The second kappa shape index (κ2) is 3.98. The van der Waals surface area contributed by atoms with Crippen molar-refractivity contribution in [2.45, 2.75) is 6.92 Å². The minimum absolute atomic E-state index is 0.202. The van der Waals surface area contributed by atoms with Gasteiger partial charge in [0, 0.05) is 0 Å². The lowest BCUT2D eigenvalue weighted by Crippen LogP contribution is -1.88. The van der Waals surface area contributed by atoms with Crippen LogP contribution < -0.4 is 4.74 Å². The molecule has 1 aromatic rings. The van der Waals surface area contributed by atoms with E-state index in [-0.39, 0.29) is 12.0 Å². The third-order valence-electron chi connectivity index (χ3n) is 1.36. The van der Waals surface area contributed by atoms with Crippen molar-refractivity contribution in [3.63, 3.8) is 0 Å². The van der Waals surface area contributed by atoms with Gasteiger partial charge in [0.2, 0.25) is 0 Å². The smallest absolute Gasteiger partial charge is 0.305 e. The summed E-state index contributed by atoms with van der Waals surface area (Å²) in [6, 6.07) is 4.08. The molecule has 0 saturated carbocycles. The molecule has 1 nitrogen and oxygen atoms in total. The number of halogens is 3. The van der Waals surface area contributed by atoms with E-state index in [1.54, 1.807) is 13.0 Å². The maximum Gasteiger partial charge on any atom is 0.305 e. The minimum atomic E-state index is -2.00. The van der Waals surface area contributed by atoms with Crippen LogP contribution in [0.25, 0.3) is 0 Å². The Labute approximate surface area is 73.4 Å². The first-order valence-electron chi connectivity index (χ1n) is 3.53. The summed E-state index contributed by atoms with van der Waals surface area (Å²) in [5.74, 6) is -0.865. The molecule has 0 N–H and O–H groups in total. The number of benzene rings is 1. The molecule has 0 aromatic heterocycles. The monoisotopic (exact) mass is 188 g/mol. The molecule has 1 aromatic carbocycles. The molecule has 0 aliphatic carbocycles. The van der Waals surface area contributed by atoms with Crippen molar-refractivity contribution in [2.24, 2.45) is 0 Å². The second-order valence-corrected chi connectivity index (χ2v) is 2.46. The molecule has 70 valence electrons. The normalized spacial score (nSPS) is 9.54. The van der Waals surface area contributed by atoms with E-state index in [1.165, 1.54) is 12.1 Å². The molecule has 0 unspecified atom stereocenters. The Hall–Kier alpha value is -1.45. The van der Waals surface area contributed by atoms with Crippen LogP contribution in [0.4, 0.5) is 13.2 Å². The molecule has 0 aliphatic heterocycles. The summed E-state index contributed by atoms with van der Waals surface area (Å²) >= 11 is 0. The molecule has 1 rings (SSSR count). The van der Waals surface area contributed by atoms with Crippen LogP contribution in [0.2, 0.25) is 0 Å². The van der Waals surface area contributed by atoms with Crippen LogP contribution in [-0.2, 0) is 0 Å². The number of rotatable bonds is 2. The minimum Gasteiger partial charge on any atom is -0.456 e. The SMILES string of the molecule is Cc1ccc(OC=C(F)F)c(F)c1. The molecule has 0 bridgehead atoms. The third kappa shape index (κ3) is 2.82. The van der Waals surface area contributed by atoms with Crippen molar-refractivity contribution in [1.82, 2.24) is 0 Å². The average Bonchev–Trinajstić information content (AvgIpc) is 2.02. The van der Waals surface area contributed by atoms with E-state index in [9.17, 15) is 13.2 Å². The molecule has 0 spiro atoms. The van der Waals surface area contributed by atoms with Gasteiger partial charge in [-0.15, -0.1) is 0 Å². The fourth-order valence-corrected chi connectivity index (χ4v) is 0.809. The van der Waals surface area contributed by atoms with Gasteiger partial charge in [-0.2, -0.15) is 8.78 Å². The fourth-order valence-electron chi connectivity index (χ4n) is 0.809. The van der Waals surface area contributed by atoms with Gasteiger partial charge in [0.15, 0.2) is 17.8 Å². The number of aryl methyl sites for hydroxylation is 1. The van der Waals surface area contributed by atoms with Crippen LogP contribution in [-0.4, -0.2) is 0 Å². The predicted molar refractivity (Wildman–Crippen MR) is 42.1 cm³/mol. The first-order chi connectivity index (χ1) is 6.09. The molecule has 0 atom stereocenters. The lowest BCUT2D eigenvalue weighted by molar-refractivity contribution is 0.356. The van der Waals surface area contributed by atoms with Gasteiger partial charge in [-0.1, -0.05) is 6.07 Å². The van der Waals surface area contributed by atoms with Gasteiger partial charge in [-0.05, 0) is 24.6 Å². The van der Waals surface area contributed by atoms with Gasteiger partial charge >= 0.3 is 6.08 Å². The average molecular weight is 188 g/mol. The van der Waals surface area contributed by atoms with E-state index in [1.807, 2.05) is 0 Å². The maximum absolute atomic E-state index is 12.9. The summed E-state index contributed by atoms with van der Waals surface area (Å²) in [7, 11) is 0. The van der Waals surface area contributed by atoms with Crippen molar-refractivity contribution in [3.8, 4) is 5.75 Å². The highest BCUT2D eigenvalue weighted by Gasteiger charge is 2.02. The summed E-state index contributed by atoms with van der Waals surface area (Å²) in [5.41, 5.74) is 0.703. The largest absolute Gasteiger partial charge is 0.456 e. The molecular weight excluding hydrogens is 181 g/mol. The van der Waals surface area contributed by atoms with Gasteiger partial charge in [0.05, 0.1) is 0 Å². The quantitative estimate of drug-likeness (QED) is 0.647. The third-order valence-corrected chi connectivity index (χ3v) is 1.36. The Bertz CT molecular complexity index is 330. The number of ether oxygens (including phenoxy) is 1. The zero-order valence-corrected chi connectivity index (χ0v) is 6.85. The summed E-state index contributed by atoms with van der Waals surface area (Å²) in [6.07, 6.45) is -1.80. The summed E-state index contributed by atoms with van der Waals surface area (Å²) < 4.78 is 40.4.